The first kappa shape index (κ1) is 73.9. The average molecular weight is 1110 g/mol. The van der Waals surface area contributed by atoms with E-state index in [9.17, 15) is 35.1 Å². The van der Waals surface area contributed by atoms with Crippen molar-refractivity contribution in [1.82, 2.24) is 5.32 Å². The van der Waals surface area contributed by atoms with Crippen LogP contribution in [0.4, 0.5) is 0 Å². The molecule has 1 rings (SSSR count). The Morgan fingerprint density at radius 2 is 0.911 bits per heavy atom. The molecule has 0 aromatic heterocycles. The number of unbranched alkanes of at least 4 members (excludes halogenated alkanes) is 28. The molecule has 8 unspecified atom stereocenters. The molecule has 1 amide bonds. The molecule has 0 aromatic carbocycles. The van der Waals surface area contributed by atoms with Crippen LogP contribution in [0.25, 0.3) is 0 Å². The van der Waals surface area contributed by atoms with E-state index in [4.69, 9.17) is 14.2 Å². The molecular formula is C68H119NO10. The standard InChI is InChI=1S/C68H119NO10/c1-4-7-10-13-16-19-22-24-26-28-30-32-33-35-37-40-43-46-49-52-55-61(72)67(76)69-59(60(71)54-51-48-45-42-39-21-18-15-12-9-6-3)58-77-68-66(65(75)64(74)62(57-70)78-68)79-63(73)56-53-50-47-44-41-38-36-34-31-29-27-25-23-20-17-14-11-8-5-2/h7,10,16,19,24-27,30,32,35,37,51,54,59-62,64-66,68,70-72,74-75H,4-6,8-9,11-15,17-18,20-23,28-29,31,33-34,36,38-50,52-53,55-58H2,1-3H3,(H,69,76)/b10-7-,19-16-,26-24-,27-25+,32-30-,37-35-,54-51+. The van der Waals surface area contributed by atoms with Crippen LogP contribution in [-0.4, -0.2) is 99.6 Å². The number of aliphatic hydroxyl groups is 5. The Hall–Kier alpha value is -3.16. The summed E-state index contributed by atoms with van der Waals surface area (Å²) in [5.41, 5.74) is 0. The van der Waals surface area contributed by atoms with E-state index in [0.717, 1.165) is 103 Å². The normalized spacial score (nSPS) is 19.4. The number of ether oxygens (including phenoxy) is 3. The fraction of sp³-hybridized carbons (Fsp3) is 0.765. The van der Waals surface area contributed by atoms with Crippen molar-refractivity contribution in [3.05, 3.63) is 85.1 Å². The predicted octanol–water partition coefficient (Wildman–Crippen LogP) is 15.7. The molecule has 0 bridgehead atoms. The smallest absolute Gasteiger partial charge is 0.306 e. The molecule has 1 heterocycles. The van der Waals surface area contributed by atoms with Gasteiger partial charge in [0.1, 0.15) is 24.4 Å². The van der Waals surface area contributed by atoms with Crippen molar-refractivity contribution in [2.45, 2.75) is 320 Å². The van der Waals surface area contributed by atoms with Crippen LogP contribution >= 0.6 is 0 Å². The lowest BCUT2D eigenvalue weighted by Gasteiger charge is -2.41. The number of esters is 1. The van der Waals surface area contributed by atoms with Gasteiger partial charge in [-0.25, -0.2) is 0 Å². The summed E-state index contributed by atoms with van der Waals surface area (Å²) in [6, 6.07) is -1.04. The minimum atomic E-state index is -1.62. The van der Waals surface area contributed by atoms with Gasteiger partial charge in [-0.2, -0.15) is 0 Å². The third kappa shape index (κ3) is 43.2. The monoisotopic (exact) mass is 1110 g/mol. The molecule has 0 aromatic rings. The van der Waals surface area contributed by atoms with Crippen LogP contribution < -0.4 is 5.32 Å². The maximum Gasteiger partial charge on any atom is 0.306 e. The summed E-state index contributed by atoms with van der Waals surface area (Å²) < 4.78 is 17.6. The lowest BCUT2D eigenvalue weighted by atomic mass is 9.99. The van der Waals surface area contributed by atoms with E-state index >= 15 is 0 Å². The van der Waals surface area contributed by atoms with Crippen molar-refractivity contribution in [1.29, 1.82) is 0 Å². The summed E-state index contributed by atoms with van der Waals surface area (Å²) in [4.78, 5) is 26.6. The van der Waals surface area contributed by atoms with Gasteiger partial charge in [0.05, 0.1) is 25.4 Å². The van der Waals surface area contributed by atoms with Crippen LogP contribution in [0.2, 0.25) is 0 Å². The summed E-state index contributed by atoms with van der Waals surface area (Å²) in [5.74, 6) is -1.22. The highest BCUT2D eigenvalue weighted by Crippen LogP contribution is 2.26. The van der Waals surface area contributed by atoms with E-state index in [1.807, 2.05) is 6.08 Å². The van der Waals surface area contributed by atoms with Gasteiger partial charge in [0.15, 0.2) is 12.4 Å². The second kappa shape index (κ2) is 55.4. The zero-order valence-corrected chi connectivity index (χ0v) is 50.5. The van der Waals surface area contributed by atoms with E-state index in [1.165, 1.54) is 122 Å². The summed E-state index contributed by atoms with van der Waals surface area (Å²) in [5, 5.41) is 57.0. The summed E-state index contributed by atoms with van der Waals surface area (Å²) in [6.45, 7) is 5.66. The Balaban J connectivity index is 2.66. The van der Waals surface area contributed by atoms with E-state index in [0.29, 0.717) is 12.8 Å². The highest BCUT2D eigenvalue weighted by molar-refractivity contribution is 5.80. The summed E-state index contributed by atoms with van der Waals surface area (Å²) in [6.07, 6.45) is 61.9. The van der Waals surface area contributed by atoms with Crippen molar-refractivity contribution < 1.29 is 49.3 Å². The number of hydrogen-bond acceptors (Lipinski definition) is 10. The third-order valence-corrected chi connectivity index (χ3v) is 14.8. The quantitative estimate of drug-likeness (QED) is 0.0195. The molecule has 1 aliphatic rings. The molecule has 6 N–H and O–H groups in total. The van der Waals surface area contributed by atoms with Gasteiger partial charge >= 0.3 is 5.97 Å². The van der Waals surface area contributed by atoms with Crippen LogP contribution in [0.15, 0.2) is 85.1 Å². The molecule has 0 saturated carbocycles. The molecule has 11 heteroatoms. The lowest BCUT2D eigenvalue weighted by Crippen LogP contribution is -2.61. The zero-order chi connectivity index (χ0) is 57.5. The fourth-order valence-corrected chi connectivity index (χ4v) is 9.67. The van der Waals surface area contributed by atoms with Crippen LogP contribution in [0, 0.1) is 0 Å². The molecule has 1 fully saturated rings. The molecule has 11 nitrogen and oxygen atoms in total. The SMILES string of the molecule is CC/C=C\C/C=C\C/C=C\C/C=C\C/C=C\CCCCCCC(O)C(=O)NC(COC1OC(CO)C(O)C(O)C1OC(=O)CCCCCCCCCCC/C=C/CCCCCCCC)C(O)/C=C/CCCCCCCCCCC. The highest BCUT2D eigenvalue weighted by Gasteiger charge is 2.47. The number of aliphatic hydroxyl groups excluding tert-OH is 5. The lowest BCUT2D eigenvalue weighted by molar-refractivity contribution is -0.305. The van der Waals surface area contributed by atoms with Gasteiger partial charge < -0.3 is 45.1 Å². The van der Waals surface area contributed by atoms with Gasteiger partial charge in [0, 0.05) is 6.42 Å². The van der Waals surface area contributed by atoms with Gasteiger partial charge in [0.25, 0.3) is 0 Å². The number of rotatable bonds is 54. The van der Waals surface area contributed by atoms with Crippen LogP contribution in [0.3, 0.4) is 0 Å². The first-order valence-electron chi connectivity index (χ1n) is 32.4. The van der Waals surface area contributed by atoms with Crippen molar-refractivity contribution in [3.63, 3.8) is 0 Å². The molecule has 0 radical (unpaired) electrons. The van der Waals surface area contributed by atoms with Gasteiger partial charge in [-0.05, 0) is 96.3 Å². The number of allylic oxidation sites excluding steroid dienone is 13. The number of hydrogen-bond donors (Lipinski definition) is 6. The second-order valence-corrected chi connectivity index (χ2v) is 22.1. The first-order chi connectivity index (χ1) is 38.7. The number of carbonyl (C=O) groups is 2. The highest BCUT2D eigenvalue weighted by atomic mass is 16.7. The third-order valence-electron chi connectivity index (χ3n) is 14.8. The molecule has 0 spiro atoms. The Morgan fingerprint density at radius 1 is 0.506 bits per heavy atom. The Morgan fingerprint density at radius 3 is 1.38 bits per heavy atom. The molecular weight excluding hydrogens is 991 g/mol. The molecule has 456 valence electrons. The van der Waals surface area contributed by atoms with Gasteiger partial charge in [-0.15, -0.1) is 0 Å². The van der Waals surface area contributed by atoms with Crippen LogP contribution in [0.5, 0.6) is 0 Å². The van der Waals surface area contributed by atoms with Gasteiger partial charge in [-0.3, -0.25) is 9.59 Å². The number of nitrogens with one attached hydrogen (secondary N) is 1. The number of amides is 1. The fourth-order valence-electron chi connectivity index (χ4n) is 9.67. The molecule has 79 heavy (non-hydrogen) atoms. The predicted molar refractivity (Wildman–Crippen MR) is 329 cm³/mol. The van der Waals surface area contributed by atoms with E-state index in [-0.39, 0.29) is 19.4 Å². The minimum absolute atomic E-state index is 0.116. The van der Waals surface area contributed by atoms with Crippen molar-refractivity contribution in [2.75, 3.05) is 13.2 Å². The topological polar surface area (TPSA) is 175 Å². The Bertz CT molecular complexity index is 1610. The van der Waals surface area contributed by atoms with Crippen molar-refractivity contribution in [3.8, 4) is 0 Å². The van der Waals surface area contributed by atoms with Crippen molar-refractivity contribution >= 4 is 11.9 Å². The second-order valence-electron chi connectivity index (χ2n) is 22.1. The summed E-state index contributed by atoms with van der Waals surface area (Å²) in [7, 11) is 0. The average Bonchev–Trinajstić information content (AvgIpc) is 3.45. The maximum absolute atomic E-state index is 13.4. The zero-order valence-electron chi connectivity index (χ0n) is 50.5. The molecule has 1 saturated heterocycles. The minimum Gasteiger partial charge on any atom is -0.454 e. The summed E-state index contributed by atoms with van der Waals surface area (Å²) >= 11 is 0. The molecule has 1 aliphatic heterocycles. The van der Waals surface area contributed by atoms with E-state index < -0.39 is 67.4 Å². The van der Waals surface area contributed by atoms with Crippen LogP contribution in [-0.2, 0) is 23.8 Å². The van der Waals surface area contributed by atoms with Gasteiger partial charge in [-0.1, -0.05) is 254 Å². The van der Waals surface area contributed by atoms with E-state index in [2.05, 4.69) is 99.0 Å². The Labute approximate surface area is 483 Å². The largest absolute Gasteiger partial charge is 0.454 e. The Kier molecular flexibility index (Phi) is 51.8. The molecule has 8 atom stereocenters. The van der Waals surface area contributed by atoms with Crippen LogP contribution in [0.1, 0.15) is 271 Å². The first-order valence-corrected chi connectivity index (χ1v) is 32.4. The van der Waals surface area contributed by atoms with Crippen molar-refractivity contribution in [2.24, 2.45) is 0 Å². The van der Waals surface area contributed by atoms with E-state index in [1.54, 1.807) is 6.08 Å². The number of carbonyl (C=O) groups excluding carboxylic acids is 2. The maximum atomic E-state index is 13.4. The molecule has 0 aliphatic carbocycles. The van der Waals surface area contributed by atoms with Gasteiger partial charge in [0.2, 0.25) is 5.91 Å².